The van der Waals surface area contributed by atoms with Gasteiger partial charge in [-0.2, -0.15) is 0 Å². The summed E-state index contributed by atoms with van der Waals surface area (Å²) in [6.07, 6.45) is 5.22. The lowest BCUT2D eigenvalue weighted by Gasteiger charge is -2.42. The topological polar surface area (TPSA) is 199 Å². The van der Waals surface area contributed by atoms with Crippen molar-refractivity contribution < 1.29 is 33.2 Å². The summed E-state index contributed by atoms with van der Waals surface area (Å²) in [6, 6.07) is 6.42. The standard InChI is InChI=1S/C40H58N7O7PS.CH4/c1-24(41)43-17-9-15-30(39(52)54-40(2,3)4)44-36(49)33-20-26-12-7-8-16-32(26)47(33)38(51)34-19-25-11-5-6-13-27(25)22-46(34)37(50)31(23-53-55)45-35(48)29(42)21-28-14-10-18-56-28;/h5-6,10-11,13-14,18,26,29-34H,7-9,12,15-17,19-23,42,55H2,1-4H3,(H2,41,43)(H,44,49)(H,45,48);1H4. The van der Waals surface area contributed by atoms with Crippen molar-refractivity contribution in [1.82, 2.24) is 20.4 Å². The quantitative estimate of drug-likeness (QED) is 0.0681. The molecule has 16 heteroatoms. The molecule has 0 spiro atoms. The molecule has 57 heavy (non-hydrogen) atoms. The molecule has 8 atom stereocenters. The van der Waals surface area contributed by atoms with E-state index < -0.39 is 59.5 Å². The minimum Gasteiger partial charge on any atom is -0.458 e. The van der Waals surface area contributed by atoms with Crippen molar-refractivity contribution in [3.63, 3.8) is 0 Å². The van der Waals surface area contributed by atoms with Crippen LogP contribution in [-0.4, -0.2) is 100 Å². The van der Waals surface area contributed by atoms with Crippen molar-refractivity contribution in [2.75, 3.05) is 13.2 Å². The van der Waals surface area contributed by atoms with Crippen LogP contribution in [-0.2, 0) is 52.6 Å². The van der Waals surface area contributed by atoms with Gasteiger partial charge in [-0.15, -0.1) is 11.3 Å². The first kappa shape index (κ1) is 45.8. The number of thiophene rings is 1. The van der Waals surface area contributed by atoms with E-state index in [1.807, 2.05) is 41.8 Å². The van der Waals surface area contributed by atoms with Crippen molar-refractivity contribution in [3.8, 4) is 0 Å². The zero-order valence-corrected chi connectivity index (χ0v) is 34.9. The smallest absolute Gasteiger partial charge is 0.329 e. The Morgan fingerprint density at radius 2 is 1.74 bits per heavy atom. The number of nitrogens with two attached hydrogens (primary N) is 2. The second-order valence-electron chi connectivity index (χ2n) is 16.1. The molecule has 3 heterocycles. The van der Waals surface area contributed by atoms with Crippen molar-refractivity contribution in [2.24, 2.45) is 22.4 Å². The predicted molar refractivity (Wildman–Crippen MR) is 225 cm³/mol. The number of ether oxygens (including phenoxy) is 1. The summed E-state index contributed by atoms with van der Waals surface area (Å²) >= 11 is 1.49. The highest BCUT2D eigenvalue weighted by Gasteiger charge is 2.51. The maximum absolute atomic E-state index is 15.2. The molecule has 314 valence electrons. The molecule has 0 bridgehead atoms. The van der Waals surface area contributed by atoms with E-state index in [2.05, 4.69) is 25.1 Å². The van der Waals surface area contributed by atoms with Crippen LogP contribution in [0.5, 0.6) is 0 Å². The second-order valence-corrected chi connectivity index (χ2v) is 17.5. The summed E-state index contributed by atoms with van der Waals surface area (Å²) in [7, 11) is 2.12. The van der Waals surface area contributed by atoms with Crippen LogP contribution < -0.4 is 22.1 Å². The van der Waals surface area contributed by atoms with Crippen LogP contribution in [0.15, 0.2) is 46.8 Å². The van der Waals surface area contributed by atoms with Crippen LogP contribution >= 0.6 is 20.8 Å². The van der Waals surface area contributed by atoms with Gasteiger partial charge in [0.05, 0.1) is 18.5 Å². The van der Waals surface area contributed by atoms with Crippen LogP contribution in [0, 0.1) is 5.92 Å². The van der Waals surface area contributed by atoms with Crippen LogP contribution in [0.25, 0.3) is 0 Å². The van der Waals surface area contributed by atoms with Crippen molar-refractivity contribution in [1.29, 1.82) is 0 Å². The summed E-state index contributed by atoms with van der Waals surface area (Å²) in [6.45, 7) is 7.33. The molecule has 0 radical (unpaired) electrons. The summed E-state index contributed by atoms with van der Waals surface area (Å²) in [5, 5.41) is 7.65. The molecular formula is C41H62N7O7PS. The number of amides is 4. The van der Waals surface area contributed by atoms with E-state index in [4.69, 9.17) is 20.7 Å². The number of carbonyl (C=O) groups excluding carboxylic acids is 5. The fourth-order valence-corrected chi connectivity index (χ4v) is 9.04. The largest absolute Gasteiger partial charge is 0.458 e. The van der Waals surface area contributed by atoms with Crippen LogP contribution in [0.3, 0.4) is 0 Å². The fraction of sp³-hybridized carbons (Fsp3) is 0.610. The summed E-state index contributed by atoms with van der Waals surface area (Å²) in [4.78, 5) is 79.3. The molecule has 1 aliphatic carbocycles. The molecular weight excluding hydrogens is 766 g/mol. The Bertz CT molecular complexity index is 1730. The predicted octanol–water partition coefficient (Wildman–Crippen LogP) is 3.64. The number of hydrogen-bond donors (Lipinski definition) is 4. The Labute approximate surface area is 343 Å². The summed E-state index contributed by atoms with van der Waals surface area (Å²) < 4.78 is 11.0. The molecule has 2 fully saturated rings. The molecule has 1 saturated carbocycles. The molecule has 2 aromatic rings. The van der Waals surface area contributed by atoms with Gasteiger partial charge < -0.3 is 41.2 Å². The lowest BCUT2D eigenvalue weighted by molar-refractivity contribution is -0.159. The number of aliphatic imine (C=N–C) groups is 1. The minimum absolute atomic E-state index is 0. The Morgan fingerprint density at radius 1 is 1.02 bits per heavy atom. The third-order valence-corrected chi connectivity index (χ3v) is 11.8. The third kappa shape index (κ3) is 12.1. The number of nitrogens with one attached hydrogen (secondary N) is 2. The van der Waals surface area contributed by atoms with Gasteiger partial charge in [-0.1, -0.05) is 50.6 Å². The van der Waals surface area contributed by atoms with E-state index in [0.29, 0.717) is 31.6 Å². The van der Waals surface area contributed by atoms with Gasteiger partial charge in [0.15, 0.2) is 0 Å². The van der Waals surface area contributed by atoms with E-state index >= 15 is 4.79 Å². The highest BCUT2D eigenvalue weighted by molar-refractivity contribution is 7.10. The van der Waals surface area contributed by atoms with Gasteiger partial charge in [-0.3, -0.25) is 24.2 Å². The summed E-state index contributed by atoms with van der Waals surface area (Å²) in [5.41, 5.74) is 13.0. The maximum atomic E-state index is 15.2. The van der Waals surface area contributed by atoms with Gasteiger partial charge in [0.25, 0.3) is 0 Å². The number of likely N-dealkylation sites (tertiary alicyclic amines) is 1. The Balaban J connectivity index is 0.00000720. The van der Waals surface area contributed by atoms with E-state index in [-0.39, 0.29) is 51.3 Å². The average molecular weight is 828 g/mol. The van der Waals surface area contributed by atoms with Crippen molar-refractivity contribution in [3.05, 3.63) is 57.8 Å². The first-order valence-corrected chi connectivity index (χ1v) is 20.9. The van der Waals surface area contributed by atoms with Gasteiger partial charge in [0, 0.05) is 46.3 Å². The van der Waals surface area contributed by atoms with Gasteiger partial charge in [-0.25, -0.2) is 4.79 Å². The van der Waals surface area contributed by atoms with Gasteiger partial charge in [0.1, 0.15) is 29.8 Å². The van der Waals surface area contributed by atoms with E-state index in [0.717, 1.165) is 41.7 Å². The van der Waals surface area contributed by atoms with Gasteiger partial charge in [0.2, 0.25) is 23.6 Å². The van der Waals surface area contributed by atoms with E-state index in [1.54, 1.807) is 32.6 Å². The molecule has 4 amide bonds. The van der Waals surface area contributed by atoms with Crippen molar-refractivity contribution in [2.45, 2.75) is 141 Å². The maximum Gasteiger partial charge on any atom is 0.329 e. The lowest BCUT2D eigenvalue weighted by atomic mass is 9.84. The fourth-order valence-electron chi connectivity index (χ4n) is 8.09. The SMILES string of the molecule is C.CC(N)=NCCCC(NC(=O)C1CC2CCCCC2N1C(=O)C1Cc2ccccc2CN1C(=O)C(COP)NC(=O)C(N)Cc1cccs1)C(=O)OC(C)(C)C. The number of amidine groups is 1. The number of hydrogen-bond acceptors (Lipinski definition) is 10. The number of fused-ring (bicyclic) bond motifs is 2. The molecule has 1 saturated heterocycles. The van der Waals surface area contributed by atoms with Gasteiger partial charge >= 0.3 is 5.97 Å². The zero-order valence-electron chi connectivity index (χ0n) is 32.9. The Hall–Kier alpha value is -3.91. The second kappa shape index (κ2) is 20.7. The Morgan fingerprint density at radius 3 is 2.40 bits per heavy atom. The number of esters is 1. The third-order valence-electron chi connectivity index (χ3n) is 10.7. The monoisotopic (exact) mass is 827 g/mol. The van der Waals surface area contributed by atoms with E-state index in [9.17, 15) is 19.2 Å². The number of rotatable bonds is 15. The Kier molecular flexibility index (Phi) is 16.6. The lowest BCUT2D eigenvalue weighted by Crippen LogP contribution is -2.62. The van der Waals surface area contributed by atoms with E-state index in [1.165, 1.54) is 16.2 Å². The molecule has 1 aromatic carbocycles. The van der Waals surface area contributed by atoms with Crippen LogP contribution in [0.2, 0.25) is 0 Å². The minimum atomic E-state index is -1.13. The van der Waals surface area contributed by atoms with Crippen LogP contribution in [0.1, 0.15) is 96.1 Å². The zero-order chi connectivity index (χ0) is 40.6. The molecule has 1 aromatic heterocycles. The van der Waals surface area contributed by atoms with Gasteiger partial charge in [-0.05, 0) is 88.3 Å². The summed E-state index contributed by atoms with van der Waals surface area (Å²) in [5.74, 6) is -1.81. The highest BCUT2D eigenvalue weighted by Crippen LogP contribution is 2.41. The molecule has 2 aliphatic heterocycles. The first-order chi connectivity index (χ1) is 26.7. The van der Waals surface area contributed by atoms with Crippen molar-refractivity contribution >= 4 is 56.2 Å². The number of benzene rings is 1. The average Bonchev–Trinajstić information content (AvgIpc) is 3.82. The highest BCUT2D eigenvalue weighted by atomic mass is 32.1. The number of nitrogens with zero attached hydrogens (tertiary/aromatic N) is 3. The molecule has 5 rings (SSSR count). The first-order valence-electron chi connectivity index (χ1n) is 19.6. The van der Waals surface area contributed by atoms with Crippen LogP contribution in [0.4, 0.5) is 0 Å². The normalized spacial score (nSPS) is 22.2. The number of carbonyl (C=O) groups is 5. The molecule has 6 N–H and O–H groups in total. The molecule has 8 unspecified atom stereocenters. The molecule has 3 aliphatic rings. The molecule has 14 nitrogen and oxygen atoms in total.